The third-order valence-corrected chi connectivity index (χ3v) is 5.46. The molecule has 0 bridgehead atoms. The number of benzene rings is 2. The van der Waals surface area contributed by atoms with Crippen LogP contribution in [0.15, 0.2) is 54.7 Å². The van der Waals surface area contributed by atoms with Crippen molar-refractivity contribution in [3.05, 3.63) is 93.3 Å². The van der Waals surface area contributed by atoms with Gasteiger partial charge >= 0.3 is 0 Å². The Morgan fingerprint density at radius 1 is 1.13 bits per heavy atom. The molecule has 0 saturated heterocycles. The number of rotatable bonds is 5. The summed E-state index contributed by atoms with van der Waals surface area (Å²) >= 11 is 0. The van der Waals surface area contributed by atoms with Crippen LogP contribution in [-0.2, 0) is 13.1 Å². The van der Waals surface area contributed by atoms with Crippen LogP contribution in [0.2, 0.25) is 0 Å². The average molecular weight is 413 g/mol. The van der Waals surface area contributed by atoms with E-state index in [2.05, 4.69) is 9.47 Å². The van der Waals surface area contributed by atoms with E-state index in [-0.39, 0.29) is 11.7 Å². The summed E-state index contributed by atoms with van der Waals surface area (Å²) in [6, 6.07) is 12.0. The molecule has 8 heteroatoms. The summed E-state index contributed by atoms with van der Waals surface area (Å²) in [5.41, 5.74) is 2.23. The van der Waals surface area contributed by atoms with Crippen molar-refractivity contribution in [3.8, 4) is 5.75 Å². The van der Waals surface area contributed by atoms with Crippen LogP contribution in [0.4, 0.5) is 14.5 Å². The molecule has 0 aliphatic carbocycles. The molecule has 2 aromatic carbocycles. The number of non-ortho nitro benzene ring substituents is 1. The molecule has 0 fully saturated rings. The molecule has 1 aromatic heterocycles. The average Bonchev–Trinajstić information content (AvgIpc) is 3.11. The molecule has 3 aromatic rings. The van der Waals surface area contributed by atoms with E-state index < -0.39 is 16.6 Å². The molecule has 0 N–H and O–H groups in total. The van der Waals surface area contributed by atoms with Crippen molar-refractivity contribution >= 4 is 5.69 Å². The second-order valence-electron chi connectivity index (χ2n) is 7.28. The van der Waals surface area contributed by atoms with Crippen LogP contribution in [0, 0.1) is 21.7 Å². The van der Waals surface area contributed by atoms with Gasteiger partial charge in [-0.2, -0.15) is 0 Å². The van der Waals surface area contributed by atoms with Gasteiger partial charge in [-0.1, -0.05) is 6.07 Å². The number of halogens is 2. The number of methoxy groups -OCH3 is 1. The van der Waals surface area contributed by atoms with Gasteiger partial charge in [-0.25, -0.2) is 8.78 Å². The minimum absolute atomic E-state index is 0.0200. The molecular weight excluding hydrogens is 392 g/mol. The van der Waals surface area contributed by atoms with Crippen molar-refractivity contribution in [3.63, 3.8) is 0 Å². The number of fused-ring (bicyclic) bond motifs is 1. The van der Waals surface area contributed by atoms with Crippen molar-refractivity contribution in [1.82, 2.24) is 9.47 Å². The Labute approximate surface area is 172 Å². The summed E-state index contributed by atoms with van der Waals surface area (Å²) in [4.78, 5) is 12.9. The Morgan fingerprint density at radius 2 is 1.97 bits per heavy atom. The molecule has 156 valence electrons. The molecule has 0 saturated carbocycles. The van der Waals surface area contributed by atoms with Crippen LogP contribution in [0.5, 0.6) is 5.75 Å². The molecule has 1 aliphatic rings. The Hall–Kier alpha value is -3.26. The minimum atomic E-state index is -0.900. The van der Waals surface area contributed by atoms with Crippen LogP contribution >= 0.6 is 0 Å². The Kier molecular flexibility index (Phi) is 5.50. The molecule has 6 nitrogen and oxygen atoms in total. The molecular formula is C22H21F2N3O3. The number of ether oxygens (including phenoxy) is 1. The number of aromatic nitrogens is 1. The third kappa shape index (κ3) is 3.78. The maximum Gasteiger partial charge on any atom is 0.270 e. The highest BCUT2D eigenvalue weighted by molar-refractivity contribution is 5.44. The van der Waals surface area contributed by atoms with Crippen molar-refractivity contribution in [2.75, 3.05) is 13.7 Å². The highest BCUT2D eigenvalue weighted by Gasteiger charge is 2.29. The van der Waals surface area contributed by atoms with Gasteiger partial charge in [0.1, 0.15) is 5.75 Å². The molecule has 1 aliphatic heterocycles. The van der Waals surface area contributed by atoms with Crippen LogP contribution in [0.25, 0.3) is 0 Å². The van der Waals surface area contributed by atoms with E-state index in [4.69, 9.17) is 4.74 Å². The first-order valence-corrected chi connectivity index (χ1v) is 9.63. The molecule has 0 unspecified atom stereocenters. The summed E-state index contributed by atoms with van der Waals surface area (Å²) < 4.78 is 35.2. The number of hydrogen-bond acceptors (Lipinski definition) is 4. The zero-order valence-corrected chi connectivity index (χ0v) is 16.4. The Bertz CT molecular complexity index is 1080. The van der Waals surface area contributed by atoms with Gasteiger partial charge in [0, 0.05) is 49.2 Å². The summed E-state index contributed by atoms with van der Waals surface area (Å²) in [5.74, 6) is -1.25. The first-order valence-electron chi connectivity index (χ1n) is 9.63. The van der Waals surface area contributed by atoms with Gasteiger partial charge in [-0.05, 0) is 42.3 Å². The van der Waals surface area contributed by atoms with Gasteiger partial charge in [-0.15, -0.1) is 0 Å². The Balaban J connectivity index is 1.78. The van der Waals surface area contributed by atoms with Crippen LogP contribution in [0.3, 0.4) is 0 Å². The predicted octanol–water partition coefficient (Wildman–Crippen LogP) is 4.68. The SMILES string of the molecule is COc1ccc([N+](=O)[O-])cc1CN1CCCn2cccc2[C@@H]1c1ccc(F)c(F)c1. The van der Waals surface area contributed by atoms with Gasteiger partial charge in [0.05, 0.1) is 18.1 Å². The van der Waals surface area contributed by atoms with Crippen LogP contribution in [-0.4, -0.2) is 28.0 Å². The molecule has 0 spiro atoms. The van der Waals surface area contributed by atoms with Gasteiger partial charge in [0.15, 0.2) is 11.6 Å². The first kappa shape index (κ1) is 20.0. The third-order valence-electron chi connectivity index (χ3n) is 5.46. The number of nitro groups is 1. The van der Waals surface area contributed by atoms with Crippen LogP contribution < -0.4 is 4.74 Å². The van der Waals surface area contributed by atoms with Crippen molar-refractivity contribution < 1.29 is 18.4 Å². The number of hydrogen-bond donors (Lipinski definition) is 0. The lowest BCUT2D eigenvalue weighted by molar-refractivity contribution is -0.385. The maximum absolute atomic E-state index is 14.1. The molecule has 4 rings (SSSR count). The van der Waals surface area contributed by atoms with Gasteiger partial charge in [0.25, 0.3) is 5.69 Å². The smallest absolute Gasteiger partial charge is 0.270 e. The number of nitrogens with zero attached hydrogens (tertiary/aromatic N) is 3. The predicted molar refractivity (Wildman–Crippen MR) is 107 cm³/mol. The highest BCUT2D eigenvalue weighted by Crippen LogP contribution is 2.35. The van der Waals surface area contributed by atoms with E-state index in [9.17, 15) is 18.9 Å². The fourth-order valence-corrected chi connectivity index (χ4v) is 4.09. The molecule has 2 heterocycles. The summed E-state index contributed by atoms with van der Waals surface area (Å²) in [7, 11) is 1.52. The minimum Gasteiger partial charge on any atom is -0.496 e. The summed E-state index contributed by atoms with van der Waals surface area (Å²) in [6.07, 6.45) is 2.82. The summed E-state index contributed by atoms with van der Waals surface area (Å²) in [6.45, 7) is 1.84. The molecule has 0 radical (unpaired) electrons. The number of aryl methyl sites for hydroxylation is 1. The first-order chi connectivity index (χ1) is 14.5. The lowest BCUT2D eigenvalue weighted by Crippen LogP contribution is -2.29. The van der Waals surface area contributed by atoms with E-state index in [1.807, 2.05) is 18.3 Å². The largest absolute Gasteiger partial charge is 0.496 e. The van der Waals surface area contributed by atoms with Gasteiger partial charge in [-0.3, -0.25) is 15.0 Å². The lowest BCUT2D eigenvalue weighted by atomic mass is 10.0. The van der Waals surface area contributed by atoms with E-state index in [1.165, 1.54) is 25.3 Å². The van der Waals surface area contributed by atoms with Crippen molar-refractivity contribution in [2.24, 2.45) is 0 Å². The summed E-state index contributed by atoms with van der Waals surface area (Å²) in [5, 5.41) is 11.3. The van der Waals surface area contributed by atoms with Gasteiger partial charge < -0.3 is 9.30 Å². The standard InChI is InChI=1S/C22H21F2N3O3/c1-30-21-8-6-17(27(28)29)12-16(21)14-26-11-3-10-25-9-2-4-20(25)22(26)15-5-7-18(23)19(24)13-15/h2,4-9,12-13,22H,3,10-11,14H2,1H3/t22-/m0/s1. The Morgan fingerprint density at radius 3 is 2.70 bits per heavy atom. The van der Waals surface area contributed by atoms with E-state index >= 15 is 0 Å². The maximum atomic E-state index is 14.1. The van der Waals surface area contributed by atoms with Crippen molar-refractivity contribution in [1.29, 1.82) is 0 Å². The monoisotopic (exact) mass is 413 g/mol. The van der Waals surface area contributed by atoms with Crippen LogP contribution in [0.1, 0.15) is 29.3 Å². The topological polar surface area (TPSA) is 60.5 Å². The van der Waals surface area contributed by atoms with E-state index in [0.29, 0.717) is 30.0 Å². The molecule has 30 heavy (non-hydrogen) atoms. The molecule has 1 atom stereocenters. The normalized spacial score (nSPS) is 16.7. The zero-order chi connectivity index (χ0) is 21.3. The fraction of sp³-hybridized carbons (Fsp3) is 0.273. The second kappa shape index (κ2) is 8.23. The zero-order valence-electron chi connectivity index (χ0n) is 16.4. The van der Waals surface area contributed by atoms with E-state index in [0.717, 1.165) is 24.7 Å². The quantitative estimate of drug-likeness (QED) is 0.450. The molecule has 0 amide bonds. The van der Waals surface area contributed by atoms with E-state index in [1.54, 1.807) is 12.1 Å². The fourth-order valence-electron chi connectivity index (χ4n) is 4.09. The highest BCUT2D eigenvalue weighted by atomic mass is 19.2. The lowest BCUT2D eigenvalue weighted by Gasteiger charge is -2.31. The van der Waals surface area contributed by atoms with Gasteiger partial charge in [0.2, 0.25) is 0 Å². The number of nitro benzene ring substituents is 1. The van der Waals surface area contributed by atoms with Crippen molar-refractivity contribution in [2.45, 2.75) is 25.6 Å². The second-order valence-corrected chi connectivity index (χ2v) is 7.28.